The van der Waals surface area contributed by atoms with Crippen molar-refractivity contribution >= 4 is 12.0 Å². The highest BCUT2D eigenvalue weighted by Gasteiger charge is 2.17. The van der Waals surface area contributed by atoms with Crippen LogP contribution in [0.5, 0.6) is 0 Å². The van der Waals surface area contributed by atoms with Crippen molar-refractivity contribution in [1.82, 2.24) is 4.98 Å². The lowest BCUT2D eigenvalue weighted by Gasteiger charge is -2.26. The average Bonchev–Trinajstić information content (AvgIpc) is 2.93. The lowest BCUT2D eigenvalue weighted by molar-refractivity contribution is 0.430. The van der Waals surface area contributed by atoms with Crippen LogP contribution in [0.4, 0.5) is 5.82 Å². The van der Waals surface area contributed by atoms with E-state index in [0.717, 1.165) is 35.8 Å². The third kappa shape index (κ3) is 4.23. The molecule has 0 radical (unpaired) electrons. The molecular formula is C21H21N3O. The minimum Gasteiger partial charge on any atom is -0.508 e. The Hall–Kier alpha value is -3.14. The van der Waals surface area contributed by atoms with Crippen LogP contribution < -0.4 is 4.90 Å². The van der Waals surface area contributed by atoms with Crippen LogP contribution in [0.25, 0.3) is 0 Å². The molecule has 1 aliphatic heterocycles. The lowest BCUT2D eigenvalue weighted by Crippen LogP contribution is -2.22. The molecular weight excluding hydrogens is 310 g/mol. The lowest BCUT2D eigenvalue weighted by atomic mass is 10.0. The van der Waals surface area contributed by atoms with Crippen LogP contribution in [-0.4, -0.2) is 16.3 Å². The second-order valence-electron chi connectivity index (χ2n) is 5.63. The van der Waals surface area contributed by atoms with E-state index in [0.29, 0.717) is 0 Å². The zero-order valence-corrected chi connectivity index (χ0v) is 14.2. The van der Waals surface area contributed by atoms with Crippen LogP contribution in [-0.2, 0) is 0 Å². The van der Waals surface area contributed by atoms with Gasteiger partial charge in [-0.25, -0.2) is 9.98 Å². The van der Waals surface area contributed by atoms with Crippen molar-refractivity contribution in [1.29, 1.82) is 0 Å². The Morgan fingerprint density at radius 2 is 2.16 bits per heavy atom. The number of pyridine rings is 1. The summed E-state index contributed by atoms with van der Waals surface area (Å²) in [5.74, 6) is 1.95. The van der Waals surface area contributed by atoms with Crippen molar-refractivity contribution in [3.8, 4) is 0 Å². The largest absolute Gasteiger partial charge is 0.508 e. The van der Waals surface area contributed by atoms with E-state index in [4.69, 9.17) is 0 Å². The van der Waals surface area contributed by atoms with Crippen molar-refractivity contribution in [2.45, 2.75) is 19.8 Å². The van der Waals surface area contributed by atoms with Gasteiger partial charge < -0.3 is 5.11 Å². The molecule has 0 spiro atoms. The highest BCUT2D eigenvalue weighted by Crippen LogP contribution is 2.28. The minimum absolute atomic E-state index is 0.278. The van der Waals surface area contributed by atoms with Gasteiger partial charge in [0.15, 0.2) is 0 Å². The number of rotatable bonds is 4. The molecule has 0 atom stereocenters. The van der Waals surface area contributed by atoms with Gasteiger partial charge in [0.25, 0.3) is 0 Å². The molecule has 0 saturated carbocycles. The van der Waals surface area contributed by atoms with Gasteiger partial charge in [0.05, 0.1) is 0 Å². The number of hydrogen-bond donors (Lipinski definition) is 1. The van der Waals surface area contributed by atoms with E-state index in [9.17, 15) is 5.11 Å². The standard InChI is InChI=1S/C21H21N3O/c1-2-19(25)16-17-10-12-18(13-11-17)24(21-9-5-7-15-23-21)20-8-4-3-6-14-22-20/h2-3,5-10,12-16,25H,4,11H2,1H3/b17-16-,19-2+. The van der Waals surface area contributed by atoms with Crippen LogP contribution in [0.15, 0.2) is 101 Å². The molecule has 3 rings (SSSR count). The number of aromatic nitrogens is 1. The Balaban J connectivity index is 1.93. The summed E-state index contributed by atoms with van der Waals surface area (Å²) in [6, 6.07) is 5.84. The van der Waals surface area contributed by atoms with Gasteiger partial charge in [-0.15, -0.1) is 0 Å². The molecule has 25 heavy (non-hydrogen) atoms. The summed E-state index contributed by atoms with van der Waals surface area (Å²) in [4.78, 5) is 11.1. The fourth-order valence-corrected chi connectivity index (χ4v) is 2.60. The maximum Gasteiger partial charge on any atom is 0.138 e. The molecule has 0 amide bonds. The molecule has 4 heteroatoms. The molecule has 0 fully saturated rings. The third-order valence-corrected chi connectivity index (χ3v) is 3.88. The molecule has 0 saturated heterocycles. The average molecular weight is 331 g/mol. The maximum absolute atomic E-state index is 9.67. The van der Waals surface area contributed by atoms with Crippen LogP contribution >= 0.6 is 0 Å². The van der Waals surface area contributed by atoms with Gasteiger partial charge in [0, 0.05) is 18.1 Å². The molecule has 0 bridgehead atoms. The van der Waals surface area contributed by atoms with Crippen LogP contribution in [0.3, 0.4) is 0 Å². The van der Waals surface area contributed by atoms with Crippen molar-refractivity contribution < 1.29 is 5.11 Å². The van der Waals surface area contributed by atoms with Gasteiger partial charge in [-0.1, -0.05) is 24.3 Å². The molecule has 126 valence electrons. The Labute approximate surface area is 148 Å². The van der Waals surface area contributed by atoms with Gasteiger partial charge in [0.2, 0.25) is 0 Å². The molecule has 0 unspecified atom stereocenters. The number of aliphatic hydroxyl groups is 1. The van der Waals surface area contributed by atoms with Crippen LogP contribution in [0.2, 0.25) is 0 Å². The normalized spacial score (nSPS) is 18.8. The predicted molar refractivity (Wildman–Crippen MR) is 103 cm³/mol. The predicted octanol–water partition coefficient (Wildman–Crippen LogP) is 4.99. The highest BCUT2D eigenvalue weighted by molar-refractivity contribution is 5.74. The van der Waals surface area contributed by atoms with Crippen LogP contribution in [0.1, 0.15) is 19.8 Å². The zero-order chi connectivity index (χ0) is 17.5. The Morgan fingerprint density at radius 3 is 2.88 bits per heavy atom. The third-order valence-electron chi connectivity index (χ3n) is 3.88. The highest BCUT2D eigenvalue weighted by atomic mass is 16.3. The monoisotopic (exact) mass is 331 g/mol. The first-order valence-corrected chi connectivity index (χ1v) is 8.32. The van der Waals surface area contributed by atoms with E-state index < -0.39 is 0 Å². The van der Waals surface area contributed by atoms with E-state index in [-0.39, 0.29) is 5.76 Å². The molecule has 1 aromatic rings. The molecule has 4 nitrogen and oxygen atoms in total. The summed E-state index contributed by atoms with van der Waals surface area (Å²) in [6.07, 6.45) is 20.9. The fraction of sp³-hybridized carbons (Fsp3) is 0.143. The second-order valence-corrected chi connectivity index (χ2v) is 5.63. The summed E-state index contributed by atoms with van der Waals surface area (Å²) in [6.45, 7) is 1.81. The molecule has 1 aliphatic carbocycles. The van der Waals surface area contributed by atoms with Gasteiger partial charge in [0.1, 0.15) is 17.4 Å². The Morgan fingerprint density at radius 1 is 1.24 bits per heavy atom. The van der Waals surface area contributed by atoms with E-state index in [1.807, 2.05) is 48.3 Å². The Kier molecular flexibility index (Phi) is 5.42. The number of aliphatic hydroxyl groups excluding tert-OH is 1. The summed E-state index contributed by atoms with van der Waals surface area (Å²) in [5, 5.41) is 9.67. The topological polar surface area (TPSA) is 48.7 Å². The summed E-state index contributed by atoms with van der Waals surface area (Å²) < 4.78 is 0. The van der Waals surface area contributed by atoms with Crippen LogP contribution in [0, 0.1) is 0 Å². The number of allylic oxidation sites excluding steroid dienone is 9. The molecule has 1 N–H and O–H groups in total. The molecule has 1 aromatic heterocycles. The molecule has 2 aliphatic rings. The van der Waals surface area contributed by atoms with Gasteiger partial charge in [-0.3, -0.25) is 4.90 Å². The molecule has 2 heterocycles. The second kappa shape index (κ2) is 8.11. The summed E-state index contributed by atoms with van der Waals surface area (Å²) >= 11 is 0. The fourth-order valence-electron chi connectivity index (χ4n) is 2.60. The van der Waals surface area contributed by atoms with Gasteiger partial charge in [-0.05, 0) is 67.9 Å². The number of hydrogen-bond acceptors (Lipinski definition) is 4. The van der Waals surface area contributed by atoms with Crippen molar-refractivity contribution in [2.24, 2.45) is 4.99 Å². The quantitative estimate of drug-likeness (QED) is 0.791. The van der Waals surface area contributed by atoms with E-state index in [1.54, 1.807) is 24.6 Å². The zero-order valence-electron chi connectivity index (χ0n) is 14.2. The van der Waals surface area contributed by atoms with Gasteiger partial charge in [-0.2, -0.15) is 0 Å². The smallest absolute Gasteiger partial charge is 0.138 e. The first-order valence-electron chi connectivity index (χ1n) is 8.32. The van der Waals surface area contributed by atoms with Crippen molar-refractivity contribution in [3.05, 3.63) is 95.9 Å². The first kappa shape index (κ1) is 16.7. The SMILES string of the molecule is C/C=C(O)\C=C1\C=CC(N(C2=CCC=CC=N2)c2ccccn2)=CC1. The summed E-state index contributed by atoms with van der Waals surface area (Å²) in [5.41, 5.74) is 2.07. The van der Waals surface area contributed by atoms with E-state index in [1.165, 1.54) is 0 Å². The number of aliphatic imine (C=N–C) groups is 1. The molecule has 0 aromatic carbocycles. The van der Waals surface area contributed by atoms with Gasteiger partial charge >= 0.3 is 0 Å². The van der Waals surface area contributed by atoms with Crippen molar-refractivity contribution in [2.75, 3.05) is 4.90 Å². The minimum atomic E-state index is 0.278. The maximum atomic E-state index is 9.67. The Bertz CT molecular complexity index is 824. The van der Waals surface area contributed by atoms with Crippen molar-refractivity contribution in [3.63, 3.8) is 0 Å². The number of nitrogens with zero attached hydrogens (tertiary/aromatic N) is 3. The first-order chi connectivity index (χ1) is 12.3. The van der Waals surface area contributed by atoms with E-state index >= 15 is 0 Å². The summed E-state index contributed by atoms with van der Waals surface area (Å²) in [7, 11) is 0. The number of anilines is 1. The van der Waals surface area contributed by atoms with E-state index in [2.05, 4.69) is 28.2 Å².